The van der Waals surface area contributed by atoms with Gasteiger partial charge in [0, 0.05) is 11.5 Å². The van der Waals surface area contributed by atoms with Crippen molar-refractivity contribution in [3.8, 4) is 0 Å². The third-order valence-electron chi connectivity index (χ3n) is 3.64. The Labute approximate surface area is 136 Å². The molecule has 0 aliphatic heterocycles. The second-order valence-electron chi connectivity index (χ2n) is 5.64. The number of carbonyl (C=O) groups excluding carboxylic acids is 1. The second-order valence-corrected chi connectivity index (χ2v) is 5.64. The van der Waals surface area contributed by atoms with E-state index in [0.717, 1.165) is 36.7 Å². The molecule has 5 nitrogen and oxygen atoms in total. The fourth-order valence-electron chi connectivity index (χ4n) is 2.18. The Hall–Kier alpha value is -2.64. The van der Waals surface area contributed by atoms with Crippen molar-refractivity contribution in [1.82, 2.24) is 15.5 Å². The Bertz CT molecular complexity index is 732. The minimum Gasteiger partial charge on any atom is -0.331 e. The number of amides is 2. The lowest BCUT2D eigenvalue weighted by molar-refractivity contribution is -0.000374. The monoisotopic (exact) mass is 336 g/mol. The van der Waals surface area contributed by atoms with Gasteiger partial charge in [0.15, 0.2) is 5.82 Å². The number of urea groups is 1. The van der Waals surface area contributed by atoms with E-state index < -0.39 is 29.9 Å². The molecule has 1 aliphatic carbocycles. The van der Waals surface area contributed by atoms with Crippen LogP contribution in [-0.4, -0.2) is 22.8 Å². The molecule has 0 unspecified atom stereocenters. The first kappa shape index (κ1) is 16.2. The Morgan fingerprint density at radius 3 is 2.62 bits per heavy atom. The van der Waals surface area contributed by atoms with Crippen LogP contribution in [0.1, 0.15) is 30.0 Å². The fraction of sp³-hybridized carbons (Fsp3) is 0.312. The molecule has 2 aromatic rings. The van der Waals surface area contributed by atoms with Crippen molar-refractivity contribution >= 4 is 11.8 Å². The van der Waals surface area contributed by atoms with Gasteiger partial charge in [0.05, 0.1) is 12.2 Å². The van der Waals surface area contributed by atoms with Crippen molar-refractivity contribution in [2.75, 3.05) is 11.9 Å². The van der Waals surface area contributed by atoms with Gasteiger partial charge >= 0.3 is 6.03 Å². The van der Waals surface area contributed by atoms with Crippen LogP contribution in [0.2, 0.25) is 0 Å². The highest BCUT2D eigenvalue weighted by atomic mass is 19.3. The number of hydrogen-bond donors (Lipinski definition) is 2. The molecule has 24 heavy (non-hydrogen) atoms. The predicted octanol–water partition coefficient (Wildman–Crippen LogP) is 3.41. The van der Waals surface area contributed by atoms with Gasteiger partial charge in [-0.1, -0.05) is 12.1 Å². The zero-order valence-electron chi connectivity index (χ0n) is 12.6. The molecule has 1 saturated carbocycles. The molecule has 0 radical (unpaired) electrons. The van der Waals surface area contributed by atoms with E-state index in [1.165, 1.54) is 6.07 Å². The van der Waals surface area contributed by atoms with Crippen molar-refractivity contribution < 1.29 is 18.0 Å². The highest BCUT2D eigenvalue weighted by molar-refractivity contribution is 5.88. The van der Waals surface area contributed by atoms with Crippen molar-refractivity contribution in [3.05, 3.63) is 53.5 Å². The summed E-state index contributed by atoms with van der Waals surface area (Å²) in [6.07, 6.45) is 2.16. The molecule has 8 heteroatoms. The van der Waals surface area contributed by atoms with E-state index in [1.807, 2.05) is 5.32 Å². The molecule has 126 valence electrons. The summed E-state index contributed by atoms with van der Waals surface area (Å²) in [5, 5.41) is 12.2. The number of hydrogen-bond acceptors (Lipinski definition) is 3. The van der Waals surface area contributed by atoms with E-state index in [2.05, 4.69) is 15.5 Å². The van der Waals surface area contributed by atoms with Crippen LogP contribution in [0, 0.1) is 5.82 Å². The Morgan fingerprint density at radius 2 is 2.00 bits per heavy atom. The van der Waals surface area contributed by atoms with E-state index >= 15 is 0 Å². The first-order valence-corrected chi connectivity index (χ1v) is 7.46. The van der Waals surface area contributed by atoms with Crippen LogP contribution in [-0.2, 0) is 5.92 Å². The number of nitrogens with zero attached hydrogens (tertiary/aromatic N) is 2. The van der Waals surface area contributed by atoms with E-state index in [4.69, 9.17) is 0 Å². The number of nitrogens with one attached hydrogen (secondary N) is 2. The third-order valence-corrected chi connectivity index (χ3v) is 3.64. The number of carbonyl (C=O) groups is 1. The Kier molecular flexibility index (Phi) is 4.37. The first-order chi connectivity index (χ1) is 11.4. The molecular formula is C16H15F3N4O. The number of aromatic nitrogens is 2. The molecule has 0 bridgehead atoms. The maximum atomic E-state index is 13.9. The van der Waals surface area contributed by atoms with Crippen LogP contribution >= 0.6 is 0 Å². The van der Waals surface area contributed by atoms with Gasteiger partial charge < -0.3 is 5.32 Å². The van der Waals surface area contributed by atoms with Gasteiger partial charge in [0.25, 0.3) is 5.92 Å². The molecule has 1 fully saturated rings. The summed E-state index contributed by atoms with van der Waals surface area (Å²) in [4.78, 5) is 11.7. The lowest BCUT2D eigenvalue weighted by Crippen LogP contribution is -2.37. The molecule has 2 amide bonds. The molecule has 0 atom stereocenters. The van der Waals surface area contributed by atoms with E-state index in [9.17, 15) is 18.0 Å². The number of halogens is 3. The van der Waals surface area contributed by atoms with Crippen LogP contribution in [0.25, 0.3) is 0 Å². The number of anilines is 1. The van der Waals surface area contributed by atoms with E-state index in [-0.39, 0.29) is 5.82 Å². The van der Waals surface area contributed by atoms with E-state index in [0.29, 0.717) is 5.92 Å². The van der Waals surface area contributed by atoms with Crippen LogP contribution < -0.4 is 10.6 Å². The maximum absolute atomic E-state index is 13.9. The maximum Gasteiger partial charge on any atom is 0.320 e. The fourth-order valence-corrected chi connectivity index (χ4v) is 2.18. The highest BCUT2D eigenvalue weighted by Crippen LogP contribution is 2.38. The lowest BCUT2D eigenvalue weighted by Gasteiger charge is -2.17. The summed E-state index contributed by atoms with van der Waals surface area (Å²) < 4.78 is 40.9. The SMILES string of the molecule is O=C(NCC(F)(F)c1cccc(F)c1)Nc1ccc(C2CC2)nn1. The average molecular weight is 336 g/mol. The molecule has 1 heterocycles. The number of alkyl halides is 2. The number of benzene rings is 1. The van der Waals surface area contributed by atoms with Gasteiger partial charge in [-0.15, -0.1) is 5.10 Å². The van der Waals surface area contributed by atoms with Crippen molar-refractivity contribution in [2.24, 2.45) is 0 Å². The van der Waals surface area contributed by atoms with Gasteiger partial charge in [0.1, 0.15) is 5.82 Å². The minimum absolute atomic E-state index is 0.172. The standard InChI is InChI=1S/C16H15F3N4O/c17-12-3-1-2-11(8-12)16(18,19)9-20-15(24)21-14-7-6-13(22-23-14)10-4-5-10/h1-3,6-8,10H,4-5,9H2,(H2,20,21,23,24). The third kappa shape index (κ3) is 4.01. The molecule has 2 N–H and O–H groups in total. The lowest BCUT2D eigenvalue weighted by atomic mass is 10.1. The molecule has 0 spiro atoms. The summed E-state index contributed by atoms with van der Waals surface area (Å²) in [7, 11) is 0. The van der Waals surface area contributed by atoms with Gasteiger partial charge in [-0.3, -0.25) is 5.32 Å². The molecule has 1 aromatic heterocycles. The predicted molar refractivity (Wildman–Crippen MR) is 81.3 cm³/mol. The number of rotatable bonds is 5. The first-order valence-electron chi connectivity index (χ1n) is 7.46. The molecule has 0 saturated heterocycles. The molecule has 3 rings (SSSR count). The molecule has 1 aliphatic rings. The van der Waals surface area contributed by atoms with Gasteiger partial charge in [-0.2, -0.15) is 13.9 Å². The summed E-state index contributed by atoms with van der Waals surface area (Å²) in [6.45, 7) is -0.962. The summed E-state index contributed by atoms with van der Waals surface area (Å²) in [5.41, 5.74) is 0.356. The smallest absolute Gasteiger partial charge is 0.320 e. The minimum atomic E-state index is -3.39. The largest absolute Gasteiger partial charge is 0.331 e. The van der Waals surface area contributed by atoms with Gasteiger partial charge in [-0.05, 0) is 37.1 Å². The van der Waals surface area contributed by atoms with Gasteiger partial charge in [-0.25, -0.2) is 9.18 Å². The zero-order chi connectivity index (χ0) is 17.2. The van der Waals surface area contributed by atoms with Crippen molar-refractivity contribution in [3.63, 3.8) is 0 Å². The Balaban J connectivity index is 1.54. The zero-order valence-corrected chi connectivity index (χ0v) is 12.6. The highest BCUT2D eigenvalue weighted by Gasteiger charge is 2.32. The summed E-state index contributed by atoms with van der Waals surface area (Å²) in [6, 6.07) is 6.60. The normalized spacial score (nSPS) is 14.3. The summed E-state index contributed by atoms with van der Waals surface area (Å²) >= 11 is 0. The second kappa shape index (κ2) is 6.46. The van der Waals surface area contributed by atoms with Crippen LogP contribution in [0.3, 0.4) is 0 Å². The quantitative estimate of drug-likeness (QED) is 0.879. The topological polar surface area (TPSA) is 66.9 Å². The van der Waals surface area contributed by atoms with Crippen molar-refractivity contribution in [2.45, 2.75) is 24.7 Å². The molecule has 1 aromatic carbocycles. The van der Waals surface area contributed by atoms with Crippen molar-refractivity contribution in [1.29, 1.82) is 0 Å². The Morgan fingerprint density at radius 1 is 1.21 bits per heavy atom. The van der Waals surface area contributed by atoms with E-state index in [1.54, 1.807) is 12.1 Å². The summed E-state index contributed by atoms with van der Waals surface area (Å²) in [5.74, 6) is -3.54. The molecular weight excluding hydrogens is 321 g/mol. The average Bonchev–Trinajstić information content (AvgIpc) is 3.39. The van der Waals surface area contributed by atoms with Crippen LogP contribution in [0.15, 0.2) is 36.4 Å². The van der Waals surface area contributed by atoms with Gasteiger partial charge in [0.2, 0.25) is 0 Å². The van der Waals surface area contributed by atoms with Crippen LogP contribution in [0.4, 0.5) is 23.8 Å². The van der Waals surface area contributed by atoms with Crippen LogP contribution in [0.5, 0.6) is 0 Å².